The summed E-state index contributed by atoms with van der Waals surface area (Å²) in [7, 11) is 0. The predicted octanol–water partition coefficient (Wildman–Crippen LogP) is 5.63. The maximum atomic E-state index is 3.60. The van der Waals surface area contributed by atoms with Gasteiger partial charge in [-0.3, -0.25) is 0 Å². The van der Waals surface area contributed by atoms with Crippen LogP contribution >= 0.6 is 15.9 Å². The van der Waals surface area contributed by atoms with Crippen molar-refractivity contribution < 1.29 is 0 Å². The predicted molar refractivity (Wildman–Crippen MR) is 96.2 cm³/mol. The van der Waals surface area contributed by atoms with Crippen LogP contribution in [-0.4, -0.2) is 0 Å². The normalized spacial score (nSPS) is 11.9. The van der Waals surface area contributed by atoms with Crippen molar-refractivity contribution in [3.8, 4) is 11.1 Å². The minimum atomic E-state index is 0.827. The lowest BCUT2D eigenvalue weighted by molar-refractivity contribution is 1.13. The van der Waals surface area contributed by atoms with E-state index < -0.39 is 0 Å². The lowest BCUT2D eigenvalue weighted by Gasteiger charge is -2.10. The largest absolute Gasteiger partial charge is 0.381 e. The molecular weight excluding hydrogens is 334 g/mol. The van der Waals surface area contributed by atoms with Crippen LogP contribution in [0.5, 0.6) is 0 Å². The second-order valence-electron chi connectivity index (χ2n) is 5.65. The van der Waals surface area contributed by atoms with E-state index in [1.54, 1.807) is 0 Å². The molecule has 0 amide bonds. The first-order chi connectivity index (χ1) is 10.8. The van der Waals surface area contributed by atoms with Crippen molar-refractivity contribution in [2.24, 2.45) is 0 Å². The number of fused-ring (bicyclic) bond motifs is 3. The molecule has 1 aliphatic rings. The Hall–Kier alpha value is -2.06. The van der Waals surface area contributed by atoms with Crippen molar-refractivity contribution in [2.45, 2.75) is 13.0 Å². The van der Waals surface area contributed by atoms with E-state index in [0.29, 0.717) is 0 Å². The Labute approximate surface area is 139 Å². The molecule has 4 rings (SSSR count). The third-order valence-electron chi connectivity index (χ3n) is 4.23. The average molecular weight is 350 g/mol. The number of hydrogen-bond acceptors (Lipinski definition) is 1. The van der Waals surface area contributed by atoms with Crippen LogP contribution < -0.4 is 5.32 Å². The highest BCUT2D eigenvalue weighted by Crippen LogP contribution is 2.37. The molecule has 108 valence electrons. The van der Waals surface area contributed by atoms with Gasteiger partial charge in [0.1, 0.15) is 0 Å². The zero-order valence-electron chi connectivity index (χ0n) is 12.1. The summed E-state index contributed by atoms with van der Waals surface area (Å²) in [4.78, 5) is 0. The quantitative estimate of drug-likeness (QED) is 0.505. The number of anilines is 1. The van der Waals surface area contributed by atoms with Crippen LogP contribution in [0.3, 0.4) is 0 Å². The van der Waals surface area contributed by atoms with Gasteiger partial charge < -0.3 is 5.32 Å². The number of rotatable bonds is 3. The van der Waals surface area contributed by atoms with E-state index in [1.807, 2.05) is 6.07 Å². The van der Waals surface area contributed by atoms with Crippen LogP contribution in [0.2, 0.25) is 0 Å². The maximum Gasteiger partial charge on any atom is 0.0411 e. The van der Waals surface area contributed by atoms with Crippen molar-refractivity contribution in [3.05, 3.63) is 87.9 Å². The Bertz CT molecular complexity index is 839. The maximum absolute atomic E-state index is 3.60. The van der Waals surface area contributed by atoms with E-state index in [4.69, 9.17) is 0 Å². The summed E-state index contributed by atoms with van der Waals surface area (Å²) in [6.45, 7) is 0.827. The van der Waals surface area contributed by atoms with Crippen LogP contribution in [0.25, 0.3) is 11.1 Å². The summed E-state index contributed by atoms with van der Waals surface area (Å²) < 4.78 is 1.15. The molecule has 3 aromatic rings. The molecule has 0 aromatic heterocycles. The molecule has 0 fully saturated rings. The van der Waals surface area contributed by atoms with Gasteiger partial charge in [-0.15, -0.1) is 0 Å². The molecule has 0 aliphatic heterocycles. The van der Waals surface area contributed by atoms with Gasteiger partial charge in [-0.25, -0.2) is 0 Å². The Morgan fingerprint density at radius 1 is 0.818 bits per heavy atom. The summed E-state index contributed by atoms with van der Waals surface area (Å²) in [6, 6.07) is 23.7. The van der Waals surface area contributed by atoms with Crippen LogP contribution in [0.1, 0.15) is 16.7 Å². The zero-order chi connectivity index (χ0) is 14.9. The Kier molecular flexibility index (Phi) is 3.47. The van der Waals surface area contributed by atoms with Gasteiger partial charge in [0.05, 0.1) is 0 Å². The zero-order valence-corrected chi connectivity index (χ0v) is 13.7. The summed E-state index contributed by atoms with van der Waals surface area (Å²) in [5, 5.41) is 3.53. The van der Waals surface area contributed by atoms with Gasteiger partial charge >= 0.3 is 0 Å². The number of hydrogen-bond donors (Lipinski definition) is 1. The summed E-state index contributed by atoms with van der Waals surface area (Å²) in [6.07, 6.45) is 1.04. The molecule has 22 heavy (non-hydrogen) atoms. The van der Waals surface area contributed by atoms with Crippen LogP contribution in [0, 0.1) is 0 Å². The van der Waals surface area contributed by atoms with Crippen LogP contribution in [0.15, 0.2) is 71.2 Å². The molecule has 1 aliphatic carbocycles. The average Bonchev–Trinajstić information content (AvgIpc) is 2.92. The van der Waals surface area contributed by atoms with Crippen molar-refractivity contribution in [2.75, 3.05) is 5.32 Å². The first kappa shape index (κ1) is 13.6. The smallest absolute Gasteiger partial charge is 0.0411 e. The lowest BCUT2D eigenvalue weighted by atomic mass is 10.1. The third-order valence-corrected chi connectivity index (χ3v) is 5.01. The Balaban J connectivity index is 1.56. The first-order valence-corrected chi connectivity index (χ1v) is 8.29. The third kappa shape index (κ3) is 2.44. The van der Waals surface area contributed by atoms with Crippen molar-refractivity contribution >= 4 is 21.6 Å². The van der Waals surface area contributed by atoms with Crippen LogP contribution in [0.4, 0.5) is 5.69 Å². The minimum absolute atomic E-state index is 0.827. The number of halogens is 1. The molecule has 0 bridgehead atoms. The summed E-state index contributed by atoms with van der Waals surface area (Å²) in [5.41, 5.74) is 8.06. The Morgan fingerprint density at radius 2 is 1.59 bits per heavy atom. The highest BCUT2D eigenvalue weighted by Gasteiger charge is 2.17. The standard InChI is InChI=1S/C20H16BrN/c21-20-8-4-2-6-15(20)13-22-17-9-10-19-16(12-17)11-14-5-1-3-7-18(14)19/h1-10,12,22H,11,13H2. The molecule has 3 aromatic carbocycles. The van der Waals surface area contributed by atoms with E-state index in [-0.39, 0.29) is 0 Å². The van der Waals surface area contributed by atoms with Crippen molar-refractivity contribution in [1.29, 1.82) is 0 Å². The number of benzene rings is 3. The number of nitrogens with one attached hydrogen (secondary N) is 1. The van der Waals surface area contributed by atoms with Gasteiger partial charge in [0.25, 0.3) is 0 Å². The molecule has 0 saturated carbocycles. The fraction of sp³-hybridized carbons (Fsp3) is 0.100. The van der Waals surface area contributed by atoms with E-state index in [0.717, 1.165) is 17.4 Å². The molecule has 0 saturated heterocycles. The van der Waals surface area contributed by atoms with Gasteiger partial charge in [-0.05, 0) is 52.4 Å². The highest BCUT2D eigenvalue weighted by molar-refractivity contribution is 9.10. The second kappa shape index (κ2) is 5.62. The van der Waals surface area contributed by atoms with Crippen LogP contribution in [-0.2, 0) is 13.0 Å². The highest BCUT2D eigenvalue weighted by atomic mass is 79.9. The van der Waals surface area contributed by atoms with E-state index in [2.05, 4.69) is 81.9 Å². The lowest BCUT2D eigenvalue weighted by Crippen LogP contribution is -2.00. The molecule has 0 unspecified atom stereocenters. The van der Waals surface area contributed by atoms with Gasteiger partial charge in [0.15, 0.2) is 0 Å². The molecule has 1 N–H and O–H groups in total. The molecule has 1 nitrogen and oxygen atoms in total. The monoisotopic (exact) mass is 349 g/mol. The van der Waals surface area contributed by atoms with E-state index in [9.17, 15) is 0 Å². The molecule has 0 spiro atoms. The molecule has 2 heteroatoms. The van der Waals surface area contributed by atoms with Gasteiger partial charge in [0, 0.05) is 16.7 Å². The van der Waals surface area contributed by atoms with Gasteiger partial charge in [-0.1, -0.05) is 64.5 Å². The van der Waals surface area contributed by atoms with Gasteiger partial charge in [0.2, 0.25) is 0 Å². The van der Waals surface area contributed by atoms with E-state index in [1.165, 1.54) is 33.5 Å². The molecule has 0 radical (unpaired) electrons. The van der Waals surface area contributed by atoms with Crippen molar-refractivity contribution in [1.82, 2.24) is 0 Å². The SMILES string of the molecule is Brc1ccccc1CNc1ccc2c(c1)Cc1ccccc1-2. The molecule has 0 atom stereocenters. The topological polar surface area (TPSA) is 12.0 Å². The van der Waals surface area contributed by atoms with Gasteiger partial charge in [-0.2, -0.15) is 0 Å². The second-order valence-corrected chi connectivity index (χ2v) is 6.51. The molecular formula is C20H16BrN. The fourth-order valence-corrected chi connectivity index (χ4v) is 3.52. The summed E-state index contributed by atoms with van der Waals surface area (Å²) >= 11 is 3.60. The fourth-order valence-electron chi connectivity index (χ4n) is 3.09. The van der Waals surface area contributed by atoms with Crippen molar-refractivity contribution in [3.63, 3.8) is 0 Å². The molecule has 0 heterocycles. The van der Waals surface area contributed by atoms with E-state index >= 15 is 0 Å². The Morgan fingerprint density at radius 3 is 2.50 bits per heavy atom. The summed E-state index contributed by atoms with van der Waals surface area (Å²) in [5.74, 6) is 0. The minimum Gasteiger partial charge on any atom is -0.381 e. The first-order valence-electron chi connectivity index (χ1n) is 7.50.